The molecule has 0 aliphatic heterocycles. The average Bonchev–Trinajstić information content (AvgIpc) is 3.44. The molecule has 0 aliphatic carbocycles. The van der Waals surface area contributed by atoms with Crippen LogP contribution in [0.3, 0.4) is 0 Å². The molecule has 0 amide bonds. The van der Waals surface area contributed by atoms with Gasteiger partial charge in [-0.05, 0) is 72.5 Å². The van der Waals surface area contributed by atoms with E-state index in [1.54, 1.807) is 12.4 Å². The molecule has 0 fully saturated rings. The molecule has 0 N–H and O–H groups in total. The maximum absolute atomic E-state index is 13.1. The Balaban J connectivity index is 1.27. The number of carbonyl (C=O) groups excluding carboxylic acids is 1. The molecule has 7 rings (SSSR count). The highest BCUT2D eigenvalue weighted by Crippen LogP contribution is 2.38. The number of ether oxygens (including phenoxy) is 1. The zero-order valence-electron chi connectivity index (χ0n) is 27.8. The van der Waals surface area contributed by atoms with E-state index in [0.717, 1.165) is 79.5 Å². The number of carboxylic acid groups (broad SMARTS) is 1. The van der Waals surface area contributed by atoms with Gasteiger partial charge in [0.05, 0.1) is 23.8 Å². The summed E-state index contributed by atoms with van der Waals surface area (Å²) in [6.07, 6.45) is 11.4. The fourth-order valence-corrected chi connectivity index (χ4v) is 6.91. The molecular formula is C42H38N4O3. The van der Waals surface area contributed by atoms with Crippen molar-refractivity contribution in [3.8, 4) is 16.9 Å². The minimum absolute atomic E-state index is 0.209. The zero-order valence-corrected chi connectivity index (χ0v) is 27.8. The summed E-state index contributed by atoms with van der Waals surface area (Å²) < 4.78 is 10.3. The van der Waals surface area contributed by atoms with Crippen LogP contribution in [0.4, 0.5) is 0 Å². The molecule has 7 aromatic rings. The van der Waals surface area contributed by atoms with E-state index in [-0.39, 0.29) is 5.69 Å². The van der Waals surface area contributed by atoms with Crippen LogP contribution in [0.1, 0.15) is 51.8 Å². The molecule has 3 aromatic carbocycles. The summed E-state index contributed by atoms with van der Waals surface area (Å²) in [7, 11) is 0. The maximum Gasteiger partial charge on any atom is 0.173 e. The van der Waals surface area contributed by atoms with Crippen molar-refractivity contribution in [1.29, 1.82) is 0 Å². The van der Waals surface area contributed by atoms with E-state index in [1.807, 2.05) is 77.8 Å². The van der Waals surface area contributed by atoms with Gasteiger partial charge in [0.1, 0.15) is 5.75 Å². The van der Waals surface area contributed by atoms with E-state index >= 15 is 0 Å². The van der Waals surface area contributed by atoms with Crippen LogP contribution >= 0.6 is 0 Å². The highest BCUT2D eigenvalue weighted by atomic mass is 16.5. The van der Waals surface area contributed by atoms with Crippen LogP contribution in [0.5, 0.6) is 5.75 Å². The molecule has 7 nitrogen and oxygen atoms in total. The quantitative estimate of drug-likeness (QED) is 0.107. The monoisotopic (exact) mass is 646 g/mol. The largest absolute Gasteiger partial charge is 0.543 e. The number of aromatic carboxylic acids is 1. The fraction of sp³-hybridized carbons (Fsp3) is 0.190. The van der Waals surface area contributed by atoms with Gasteiger partial charge in [-0.15, -0.1) is 0 Å². The van der Waals surface area contributed by atoms with Crippen LogP contribution in [0.25, 0.3) is 32.8 Å². The van der Waals surface area contributed by atoms with Gasteiger partial charge < -0.3 is 19.2 Å². The van der Waals surface area contributed by atoms with Crippen molar-refractivity contribution < 1.29 is 19.2 Å². The number of carbonyl (C=O) groups is 1. The number of rotatable bonds is 12. The highest BCUT2D eigenvalue weighted by molar-refractivity contribution is 6.04. The third kappa shape index (κ3) is 6.52. The normalized spacial score (nSPS) is 11.3. The number of carboxylic acids is 1. The Morgan fingerprint density at radius 1 is 0.857 bits per heavy atom. The molecule has 0 atom stereocenters. The first-order valence-electron chi connectivity index (χ1n) is 16.8. The fourth-order valence-electron chi connectivity index (χ4n) is 6.91. The van der Waals surface area contributed by atoms with Crippen LogP contribution in [0.2, 0.25) is 0 Å². The van der Waals surface area contributed by atoms with Gasteiger partial charge in [0, 0.05) is 70.4 Å². The Morgan fingerprint density at radius 2 is 1.61 bits per heavy atom. The molecule has 0 saturated heterocycles. The summed E-state index contributed by atoms with van der Waals surface area (Å²) in [5.41, 5.74) is 8.11. The smallest absolute Gasteiger partial charge is 0.173 e. The van der Waals surface area contributed by atoms with E-state index in [9.17, 15) is 9.90 Å². The first-order valence-corrected chi connectivity index (χ1v) is 16.8. The Kier molecular flexibility index (Phi) is 9.15. The first-order chi connectivity index (χ1) is 24.0. The maximum atomic E-state index is 13.1. The number of aromatic nitrogens is 4. The van der Waals surface area contributed by atoms with Crippen molar-refractivity contribution >= 4 is 27.6 Å². The van der Waals surface area contributed by atoms with Crippen LogP contribution in [-0.2, 0) is 25.9 Å². The molecule has 0 aliphatic rings. The SMILES string of the molecule is CCc1nccc(C)c1-c1cccc2c(CCCOc3cccc4ccccc34)c(C(=O)[O-])n(Cc3cc[n+](Cc4ccncc4)cc3)c12. The molecule has 4 heterocycles. The van der Waals surface area contributed by atoms with Crippen molar-refractivity contribution in [3.63, 3.8) is 0 Å². The number of hydrogen-bond acceptors (Lipinski definition) is 5. The molecule has 0 radical (unpaired) electrons. The van der Waals surface area contributed by atoms with Crippen LogP contribution in [0, 0.1) is 6.92 Å². The molecular weight excluding hydrogens is 608 g/mol. The van der Waals surface area contributed by atoms with Gasteiger partial charge in [0.15, 0.2) is 18.9 Å². The minimum Gasteiger partial charge on any atom is -0.543 e. The molecule has 0 spiro atoms. The van der Waals surface area contributed by atoms with E-state index in [1.165, 1.54) is 0 Å². The lowest BCUT2D eigenvalue weighted by atomic mass is 9.95. The first kappa shape index (κ1) is 31.8. The second-order valence-corrected chi connectivity index (χ2v) is 12.4. The number of fused-ring (bicyclic) bond motifs is 2. The van der Waals surface area contributed by atoms with Gasteiger partial charge in [0.25, 0.3) is 0 Å². The van der Waals surface area contributed by atoms with Crippen LogP contribution in [0.15, 0.2) is 122 Å². The second-order valence-electron chi connectivity index (χ2n) is 12.4. The van der Waals surface area contributed by atoms with Gasteiger partial charge in [-0.2, -0.15) is 0 Å². The van der Waals surface area contributed by atoms with Gasteiger partial charge in [-0.1, -0.05) is 61.5 Å². The summed E-state index contributed by atoms with van der Waals surface area (Å²) >= 11 is 0. The van der Waals surface area contributed by atoms with Crippen molar-refractivity contribution in [3.05, 3.63) is 156 Å². The predicted molar refractivity (Wildman–Crippen MR) is 190 cm³/mol. The number of hydrogen-bond donors (Lipinski definition) is 0. The summed E-state index contributed by atoms with van der Waals surface area (Å²) in [6, 6.07) is 30.5. The van der Waals surface area contributed by atoms with Crippen molar-refractivity contribution in [2.75, 3.05) is 6.61 Å². The van der Waals surface area contributed by atoms with E-state index in [0.29, 0.717) is 26.0 Å². The lowest BCUT2D eigenvalue weighted by molar-refractivity contribution is -0.688. The average molecular weight is 647 g/mol. The summed E-state index contributed by atoms with van der Waals surface area (Å²) in [6.45, 7) is 5.73. The summed E-state index contributed by atoms with van der Waals surface area (Å²) in [4.78, 5) is 21.9. The molecule has 49 heavy (non-hydrogen) atoms. The Morgan fingerprint density at radius 3 is 2.41 bits per heavy atom. The molecule has 0 unspecified atom stereocenters. The molecule has 4 aromatic heterocycles. The Labute approximate surface area is 286 Å². The van der Waals surface area contributed by atoms with Gasteiger partial charge in [0.2, 0.25) is 0 Å². The lowest BCUT2D eigenvalue weighted by Gasteiger charge is -2.17. The highest BCUT2D eigenvalue weighted by Gasteiger charge is 2.23. The Bertz CT molecular complexity index is 2250. The third-order valence-electron chi connectivity index (χ3n) is 9.22. The minimum atomic E-state index is -1.19. The van der Waals surface area contributed by atoms with Crippen molar-refractivity contribution in [1.82, 2.24) is 14.5 Å². The van der Waals surface area contributed by atoms with E-state index in [2.05, 4.69) is 59.8 Å². The molecule has 0 bridgehead atoms. The zero-order chi connectivity index (χ0) is 33.7. The number of nitrogens with zero attached hydrogens (tertiary/aromatic N) is 4. The van der Waals surface area contributed by atoms with Crippen molar-refractivity contribution in [2.24, 2.45) is 0 Å². The van der Waals surface area contributed by atoms with Crippen LogP contribution in [-0.4, -0.2) is 27.1 Å². The van der Waals surface area contributed by atoms with E-state index in [4.69, 9.17) is 9.72 Å². The van der Waals surface area contributed by atoms with Gasteiger partial charge in [-0.3, -0.25) is 9.97 Å². The summed E-state index contributed by atoms with van der Waals surface area (Å²) in [5, 5.41) is 16.2. The lowest BCUT2D eigenvalue weighted by Crippen LogP contribution is -2.33. The Hall–Kier alpha value is -5.82. The number of benzene rings is 3. The van der Waals surface area contributed by atoms with Gasteiger partial charge in [-0.25, -0.2) is 4.57 Å². The summed E-state index contributed by atoms with van der Waals surface area (Å²) in [5.74, 6) is -0.359. The van der Waals surface area contributed by atoms with Crippen LogP contribution < -0.4 is 14.4 Å². The number of aryl methyl sites for hydroxylation is 3. The number of pyridine rings is 3. The topological polar surface area (TPSA) is 84.0 Å². The predicted octanol–water partition coefficient (Wildman–Crippen LogP) is 6.88. The molecule has 244 valence electrons. The standard InChI is InChI=1S/C42H38N4O3/c1-3-37-39(29(2)16-23-44-37)36-13-7-12-34-35(14-8-26-49-38-15-6-10-32-9-4-5-11-33(32)38)41(42(47)48)46(40(34)36)28-31-19-24-45(25-20-31)27-30-17-21-43-22-18-30/h4-7,9-13,15-25H,3,8,14,26-28H2,1-2H3. The van der Waals surface area contributed by atoms with Crippen molar-refractivity contribution in [2.45, 2.75) is 46.2 Å². The molecule has 7 heteroatoms. The second kappa shape index (κ2) is 14.1. The molecule has 0 saturated carbocycles. The third-order valence-corrected chi connectivity index (χ3v) is 9.22. The van der Waals surface area contributed by atoms with E-state index < -0.39 is 5.97 Å². The van der Waals surface area contributed by atoms with Gasteiger partial charge >= 0.3 is 0 Å². The number of para-hydroxylation sites is 1.